The van der Waals surface area contributed by atoms with E-state index >= 15 is 0 Å². The van der Waals surface area contributed by atoms with Crippen LogP contribution in [0, 0.1) is 0 Å². The van der Waals surface area contributed by atoms with Gasteiger partial charge in [-0.15, -0.1) is 0 Å². The number of rotatable bonds is 2. The zero-order valence-electron chi connectivity index (χ0n) is 10.6. The summed E-state index contributed by atoms with van der Waals surface area (Å²) in [5, 5.41) is 2.99. The van der Waals surface area contributed by atoms with E-state index in [1.807, 2.05) is 0 Å². The average Bonchev–Trinajstić information content (AvgIpc) is 2.83. The molecule has 3 rings (SSSR count). The van der Waals surface area contributed by atoms with E-state index in [0.717, 1.165) is 8.19 Å². The Morgan fingerprint density at radius 2 is 1.20 bits per heavy atom. The maximum absolute atomic E-state index is 2.37. The van der Waals surface area contributed by atoms with E-state index in [1.165, 1.54) is 49.7 Å². The quantitative estimate of drug-likeness (QED) is 0.481. The van der Waals surface area contributed by atoms with Crippen LogP contribution in [0.25, 0.3) is 21.7 Å². The molecular formula is C16H12Cl2PZr. The van der Waals surface area contributed by atoms with Crippen LogP contribution in [-0.4, -0.2) is 0 Å². The Balaban J connectivity index is 0.000001000. The number of hydrogen-bond acceptors (Lipinski definition) is 0. The van der Waals surface area contributed by atoms with E-state index < -0.39 is 0 Å². The Hall–Kier alpha value is -0.317. The van der Waals surface area contributed by atoms with E-state index in [9.17, 15) is 0 Å². The second-order valence-corrected chi connectivity index (χ2v) is 6.82. The van der Waals surface area contributed by atoms with E-state index in [4.69, 9.17) is 0 Å². The summed E-state index contributed by atoms with van der Waals surface area (Å²) in [5.41, 5.74) is 2.74. The Kier molecular flexibility index (Phi) is 7.28. The molecule has 0 radical (unpaired) electrons. The molecule has 0 aliphatic rings. The van der Waals surface area contributed by atoms with Gasteiger partial charge in [0.25, 0.3) is 0 Å². The first kappa shape index (κ1) is 17.7. The fourth-order valence-electron chi connectivity index (χ4n) is 2.06. The first-order chi connectivity index (χ1) is 8.84. The van der Waals surface area contributed by atoms with Crippen LogP contribution in [0.1, 0.15) is 0 Å². The molecule has 1 aromatic heterocycles. The van der Waals surface area contributed by atoms with Crippen molar-refractivity contribution in [1.82, 2.24) is 0 Å². The molecule has 0 amide bonds. The van der Waals surface area contributed by atoms with E-state index in [1.54, 1.807) is 0 Å². The Labute approximate surface area is 148 Å². The molecular weight excluding hydrogens is 385 g/mol. The molecule has 1 atom stereocenters. The van der Waals surface area contributed by atoms with Crippen molar-refractivity contribution >= 4 is 11.5 Å². The van der Waals surface area contributed by atoms with Crippen molar-refractivity contribution in [2.45, 2.75) is 0 Å². The summed E-state index contributed by atoms with van der Waals surface area (Å²) in [6, 6.07) is 23.8. The van der Waals surface area contributed by atoms with Crippen LogP contribution in [0.5, 0.6) is 0 Å². The average molecular weight is 397 g/mol. The zero-order valence-corrected chi connectivity index (χ0v) is 15.6. The topological polar surface area (TPSA) is 0 Å². The summed E-state index contributed by atoms with van der Waals surface area (Å²) >= 11 is 1.51. The van der Waals surface area contributed by atoms with Crippen molar-refractivity contribution in [1.29, 1.82) is 0 Å². The van der Waals surface area contributed by atoms with E-state index in [-0.39, 0.29) is 24.8 Å². The molecule has 20 heavy (non-hydrogen) atoms. The molecule has 4 heteroatoms. The van der Waals surface area contributed by atoms with Gasteiger partial charge in [-0.05, 0) is 0 Å². The molecule has 0 saturated carbocycles. The number of hydrogen-bond donors (Lipinski definition) is 0. The Bertz CT molecular complexity index is 651. The van der Waals surface area contributed by atoms with E-state index in [0.29, 0.717) is 0 Å². The van der Waals surface area contributed by atoms with Crippen LogP contribution in [0.2, 0.25) is 0 Å². The van der Waals surface area contributed by atoms with Crippen molar-refractivity contribution < 1.29 is 49.5 Å². The summed E-state index contributed by atoms with van der Waals surface area (Å²) in [6.07, 6.45) is 0. The third-order valence-electron chi connectivity index (χ3n) is 2.96. The minimum atomic E-state index is 0. The molecule has 0 N–H and O–H groups in total. The SMILES string of the molecule is [Cl-].[Cl-].[Zr+2][c]1cc(-c2ccccc2)[pH]c1-c1ccccc1. The van der Waals surface area contributed by atoms with Gasteiger partial charge in [-0.1, -0.05) is 0 Å². The molecule has 0 nitrogen and oxygen atoms in total. The van der Waals surface area contributed by atoms with Gasteiger partial charge < -0.3 is 24.8 Å². The second kappa shape index (κ2) is 8.21. The number of halogens is 2. The normalized spacial score (nSPS) is 9.90. The van der Waals surface area contributed by atoms with Gasteiger partial charge in [0.15, 0.2) is 0 Å². The van der Waals surface area contributed by atoms with Crippen LogP contribution in [0.4, 0.5) is 0 Å². The van der Waals surface area contributed by atoms with Gasteiger partial charge >= 0.3 is 125 Å². The Morgan fingerprint density at radius 1 is 0.700 bits per heavy atom. The molecule has 0 aliphatic heterocycles. The van der Waals surface area contributed by atoms with Gasteiger partial charge in [0.1, 0.15) is 0 Å². The van der Waals surface area contributed by atoms with Crippen molar-refractivity contribution in [2.24, 2.45) is 0 Å². The van der Waals surface area contributed by atoms with Gasteiger partial charge in [-0.2, -0.15) is 0 Å². The Morgan fingerprint density at radius 3 is 1.75 bits per heavy atom. The fourth-order valence-corrected chi connectivity index (χ4v) is 4.90. The summed E-state index contributed by atoms with van der Waals surface area (Å²) in [7, 11) is 0.789. The van der Waals surface area contributed by atoms with Gasteiger partial charge in [0.05, 0.1) is 0 Å². The van der Waals surface area contributed by atoms with Crippen LogP contribution in [0.3, 0.4) is 0 Å². The van der Waals surface area contributed by atoms with Crippen LogP contribution in [0.15, 0.2) is 66.7 Å². The van der Waals surface area contributed by atoms with Crippen molar-refractivity contribution in [3.8, 4) is 21.7 Å². The molecule has 0 saturated heterocycles. The molecule has 0 aliphatic carbocycles. The molecule has 0 bridgehead atoms. The van der Waals surface area contributed by atoms with Gasteiger partial charge in [-0.25, -0.2) is 0 Å². The van der Waals surface area contributed by atoms with E-state index in [2.05, 4.69) is 66.7 Å². The van der Waals surface area contributed by atoms with Crippen LogP contribution >= 0.6 is 8.19 Å². The third-order valence-corrected chi connectivity index (χ3v) is 6.06. The van der Waals surface area contributed by atoms with Gasteiger partial charge in [0, 0.05) is 0 Å². The molecule has 0 fully saturated rings. The maximum atomic E-state index is 2.37. The minimum absolute atomic E-state index is 0. The molecule has 0 spiro atoms. The fraction of sp³-hybridized carbons (Fsp3) is 0. The summed E-state index contributed by atoms with van der Waals surface area (Å²) in [5.74, 6) is 0. The van der Waals surface area contributed by atoms with Crippen molar-refractivity contribution in [3.63, 3.8) is 0 Å². The molecule has 2 aromatic carbocycles. The predicted molar refractivity (Wildman–Crippen MR) is 76.4 cm³/mol. The van der Waals surface area contributed by atoms with Gasteiger partial charge in [0.2, 0.25) is 0 Å². The molecule has 1 unspecified atom stereocenters. The summed E-state index contributed by atoms with van der Waals surface area (Å²) in [4.78, 5) is 0. The monoisotopic (exact) mass is 395 g/mol. The zero-order chi connectivity index (χ0) is 12.4. The first-order valence-corrected chi connectivity index (χ1v) is 8.13. The number of benzene rings is 2. The second-order valence-electron chi connectivity index (χ2n) is 4.20. The third kappa shape index (κ3) is 3.87. The molecule has 99 valence electrons. The van der Waals surface area contributed by atoms with Crippen LogP contribution < -0.4 is 28.1 Å². The summed E-state index contributed by atoms with van der Waals surface area (Å²) < 4.78 is 1.49. The predicted octanol–water partition coefficient (Wildman–Crippen LogP) is -1.77. The van der Waals surface area contributed by atoms with Crippen molar-refractivity contribution in [2.75, 3.05) is 0 Å². The first-order valence-electron chi connectivity index (χ1n) is 5.90. The summed E-state index contributed by atoms with van der Waals surface area (Å²) in [6.45, 7) is 0. The van der Waals surface area contributed by atoms with Crippen molar-refractivity contribution in [3.05, 3.63) is 66.7 Å². The van der Waals surface area contributed by atoms with Crippen LogP contribution in [-0.2, 0) is 24.7 Å². The van der Waals surface area contributed by atoms with Gasteiger partial charge in [-0.3, -0.25) is 0 Å². The molecule has 1 heterocycles. The standard InChI is InChI=1S/C16H12P.2ClH.Zr/c1-3-7-13(8-4-1)15-11-12-16(17-15)14-9-5-2-6-10-14;;;/h1-11,17H;2*1H;/q;;;+2/p-2. The molecule has 3 aromatic rings.